The Morgan fingerprint density at radius 3 is 2.12 bits per heavy atom. The second-order valence-corrected chi connectivity index (χ2v) is 11.9. The van der Waals surface area contributed by atoms with Crippen molar-refractivity contribution in [1.82, 2.24) is 10.2 Å². The van der Waals surface area contributed by atoms with Crippen LogP contribution in [0.15, 0.2) is 77.7 Å². The van der Waals surface area contributed by atoms with Crippen LogP contribution in [0.4, 0.5) is 5.69 Å². The smallest absolute Gasteiger partial charge is 0.264 e. The molecule has 0 fully saturated rings. The highest BCUT2D eigenvalue weighted by Gasteiger charge is 2.34. The predicted octanol–water partition coefficient (Wildman–Crippen LogP) is 4.10. The van der Waals surface area contributed by atoms with Gasteiger partial charge in [0.2, 0.25) is 11.8 Å². The number of hydrogen-bond acceptors (Lipinski definition) is 7. The number of benzene rings is 3. The molecule has 0 aliphatic heterocycles. The summed E-state index contributed by atoms with van der Waals surface area (Å²) in [6, 6.07) is 18.7. The van der Waals surface area contributed by atoms with E-state index in [9.17, 15) is 18.0 Å². The van der Waals surface area contributed by atoms with Crippen LogP contribution < -0.4 is 23.8 Å². The zero-order valence-electron chi connectivity index (χ0n) is 24.9. The molecular formula is C31H39N3O7S. The zero-order valence-corrected chi connectivity index (χ0v) is 25.7. The van der Waals surface area contributed by atoms with E-state index in [1.807, 2.05) is 19.9 Å². The standard InChI is InChI=1S/C31H39N3O7S/c1-22(2)19-32-31(36)23(3)33(20-24-11-10-12-25(17-24)39-4)30(35)21-34(42(37,38)27-13-8-7-9-14-27)28-18-26(40-5)15-16-29(28)41-6/h7-18,22-23H,19-21H2,1-6H3,(H,32,36). The Kier molecular flexibility index (Phi) is 11.2. The van der Waals surface area contributed by atoms with E-state index in [1.165, 1.54) is 44.4 Å². The van der Waals surface area contributed by atoms with Crippen molar-refractivity contribution in [2.24, 2.45) is 5.92 Å². The van der Waals surface area contributed by atoms with Gasteiger partial charge in [-0.25, -0.2) is 8.42 Å². The van der Waals surface area contributed by atoms with Crippen molar-refractivity contribution < 1.29 is 32.2 Å². The van der Waals surface area contributed by atoms with Gasteiger partial charge in [0.05, 0.1) is 31.9 Å². The molecule has 1 N–H and O–H groups in total. The van der Waals surface area contributed by atoms with Crippen molar-refractivity contribution >= 4 is 27.5 Å². The van der Waals surface area contributed by atoms with Crippen molar-refractivity contribution in [2.75, 3.05) is 38.7 Å². The van der Waals surface area contributed by atoms with Crippen LogP contribution in [0.2, 0.25) is 0 Å². The highest BCUT2D eigenvalue weighted by molar-refractivity contribution is 7.92. The largest absolute Gasteiger partial charge is 0.497 e. The molecule has 0 aliphatic carbocycles. The summed E-state index contributed by atoms with van der Waals surface area (Å²) in [5, 5.41) is 2.87. The number of hydrogen-bond donors (Lipinski definition) is 1. The molecule has 0 bridgehead atoms. The molecule has 3 aromatic carbocycles. The third-order valence-corrected chi connectivity index (χ3v) is 8.38. The summed E-state index contributed by atoms with van der Waals surface area (Å²) in [4.78, 5) is 28.7. The van der Waals surface area contributed by atoms with Gasteiger partial charge in [-0.3, -0.25) is 13.9 Å². The molecule has 11 heteroatoms. The van der Waals surface area contributed by atoms with Crippen LogP contribution >= 0.6 is 0 Å². The Labute approximate surface area is 248 Å². The number of carbonyl (C=O) groups is 2. The van der Waals surface area contributed by atoms with Gasteiger partial charge in [0, 0.05) is 19.2 Å². The highest BCUT2D eigenvalue weighted by Crippen LogP contribution is 2.36. The number of amides is 2. The van der Waals surface area contributed by atoms with Crippen LogP contribution in [0.25, 0.3) is 0 Å². The maximum absolute atomic E-state index is 14.1. The summed E-state index contributed by atoms with van der Waals surface area (Å²) in [6.07, 6.45) is 0. The fraction of sp³-hybridized carbons (Fsp3) is 0.355. The van der Waals surface area contributed by atoms with E-state index in [-0.39, 0.29) is 34.7 Å². The second kappa shape index (κ2) is 14.6. The highest BCUT2D eigenvalue weighted by atomic mass is 32.2. The van der Waals surface area contributed by atoms with Crippen LogP contribution in [0.1, 0.15) is 26.3 Å². The van der Waals surface area contributed by atoms with Crippen molar-refractivity contribution in [3.05, 3.63) is 78.4 Å². The Hall–Kier alpha value is -4.25. The molecule has 1 unspecified atom stereocenters. The second-order valence-electron chi connectivity index (χ2n) is 10.1. The van der Waals surface area contributed by atoms with Crippen LogP contribution in [0.3, 0.4) is 0 Å². The topological polar surface area (TPSA) is 114 Å². The van der Waals surface area contributed by atoms with Gasteiger partial charge in [0.15, 0.2) is 0 Å². The lowest BCUT2D eigenvalue weighted by Crippen LogP contribution is -2.51. The number of anilines is 1. The molecule has 0 radical (unpaired) electrons. The number of nitrogens with zero attached hydrogens (tertiary/aromatic N) is 2. The predicted molar refractivity (Wildman–Crippen MR) is 161 cm³/mol. The van der Waals surface area contributed by atoms with E-state index >= 15 is 0 Å². The molecule has 1 atom stereocenters. The van der Waals surface area contributed by atoms with E-state index < -0.39 is 28.5 Å². The van der Waals surface area contributed by atoms with Gasteiger partial charge < -0.3 is 24.4 Å². The van der Waals surface area contributed by atoms with Gasteiger partial charge in [0.1, 0.15) is 29.8 Å². The Morgan fingerprint density at radius 1 is 0.833 bits per heavy atom. The van der Waals surface area contributed by atoms with Gasteiger partial charge >= 0.3 is 0 Å². The molecule has 0 spiro atoms. The van der Waals surface area contributed by atoms with E-state index in [4.69, 9.17) is 14.2 Å². The third-order valence-electron chi connectivity index (χ3n) is 6.60. The van der Waals surface area contributed by atoms with Crippen molar-refractivity contribution in [3.8, 4) is 17.2 Å². The van der Waals surface area contributed by atoms with Crippen LogP contribution in [-0.2, 0) is 26.2 Å². The SMILES string of the molecule is COc1cccc(CN(C(=O)CN(c2cc(OC)ccc2OC)S(=O)(=O)c2ccccc2)C(C)C(=O)NCC(C)C)c1. The fourth-order valence-corrected chi connectivity index (χ4v) is 5.66. The molecule has 3 rings (SSSR count). The van der Waals surface area contributed by atoms with E-state index in [2.05, 4.69) is 5.32 Å². The summed E-state index contributed by atoms with van der Waals surface area (Å²) in [7, 11) is 0.150. The molecule has 10 nitrogen and oxygen atoms in total. The molecule has 0 aliphatic rings. The van der Waals surface area contributed by atoms with E-state index in [0.29, 0.717) is 23.6 Å². The maximum atomic E-state index is 14.1. The number of methoxy groups -OCH3 is 3. The Bertz CT molecular complexity index is 1460. The minimum absolute atomic E-state index is 0.00950. The quantitative estimate of drug-likeness (QED) is 0.298. The summed E-state index contributed by atoms with van der Waals surface area (Å²) >= 11 is 0. The molecule has 0 saturated heterocycles. The molecule has 0 aromatic heterocycles. The number of rotatable bonds is 14. The molecule has 0 heterocycles. The summed E-state index contributed by atoms with van der Waals surface area (Å²) in [5.74, 6) is 0.457. The van der Waals surface area contributed by atoms with Crippen molar-refractivity contribution in [1.29, 1.82) is 0 Å². The zero-order chi connectivity index (χ0) is 30.9. The first-order valence-electron chi connectivity index (χ1n) is 13.5. The van der Waals surface area contributed by atoms with Crippen molar-refractivity contribution in [3.63, 3.8) is 0 Å². The Morgan fingerprint density at radius 2 is 1.50 bits per heavy atom. The van der Waals surface area contributed by atoms with Gasteiger partial charge in [0.25, 0.3) is 10.0 Å². The van der Waals surface area contributed by atoms with Crippen LogP contribution in [0.5, 0.6) is 17.2 Å². The minimum Gasteiger partial charge on any atom is -0.497 e. The summed E-state index contributed by atoms with van der Waals surface area (Å²) in [5.41, 5.74) is 0.829. The minimum atomic E-state index is -4.26. The number of nitrogens with one attached hydrogen (secondary N) is 1. The lowest BCUT2D eigenvalue weighted by molar-refractivity contribution is -0.139. The molecule has 42 heavy (non-hydrogen) atoms. The van der Waals surface area contributed by atoms with Gasteiger partial charge in [-0.1, -0.05) is 44.2 Å². The number of carbonyl (C=O) groups excluding carboxylic acids is 2. The fourth-order valence-electron chi connectivity index (χ4n) is 4.23. The first-order chi connectivity index (χ1) is 20.0. The maximum Gasteiger partial charge on any atom is 0.264 e. The molecular weight excluding hydrogens is 558 g/mol. The third kappa shape index (κ3) is 7.94. The molecule has 2 amide bonds. The summed E-state index contributed by atoms with van der Waals surface area (Å²) < 4.78 is 45.3. The molecule has 226 valence electrons. The monoisotopic (exact) mass is 597 g/mol. The van der Waals surface area contributed by atoms with E-state index in [1.54, 1.807) is 55.5 Å². The lowest BCUT2D eigenvalue weighted by atomic mass is 10.1. The normalized spacial score (nSPS) is 11.9. The van der Waals surface area contributed by atoms with Gasteiger partial charge in [-0.15, -0.1) is 0 Å². The number of sulfonamides is 1. The van der Waals surface area contributed by atoms with Crippen molar-refractivity contribution in [2.45, 2.75) is 38.3 Å². The molecule has 0 saturated carbocycles. The van der Waals surface area contributed by atoms with Gasteiger partial charge in [-0.2, -0.15) is 0 Å². The van der Waals surface area contributed by atoms with E-state index in [0.717, 1.165) is 4.31 Å². The van der Waals surface area contributed by atoms with Crippen LogP contribution in [-0.4, -0.2) is 65.6 Å². The first-order valence-corrected chi connectivity index (χ1v) is 15.0. The molecule has 3 aromatic rings. The average molecular weight is 598 g/mol. The average Bonchev–Trinajstić information content (AvgIpc) is 3.00. The van der Waals surface area contributed by atoms with Crippen LogP contribution in [0, 0.1) is 5.92 Å². The Balaban J connectivity index is 2.10. The van der Waals surface area contributed by atoms with Gasteiger partial charge in [-0.05, 0) is 54.8 Å². The first kappa shape index (κ1) is 32.3. The number of ether oxygens (including phenoxy) is 3. The summed E-state index contributed by atoms with van der Waals surface area (Å²) in [6.45, 7) is 5.43. The lowest BCUT2D eigenvalue weighted by Gasteiger charge is -2.32.